The molecule has 2 aromatic rings. The van der Waals surface area contributed by atoms with Gasteiger partial charge in [-0.3, -0.25) is 9.59 Å². The van der Waals surface area contributed by atoms with Crippen LogP contribution in [0.5, 0.6) is 0 Å². The van der Waals surface area contributed by atoms with Crippen molar-refractivity contribution in [2.45, 2.75) is 13.0 Å². The molecular weight excluding hydrogens is 333 g/mol. The van der Waals surface area contributed by atoms with Gasteiger partial charge in [-0.2, -0.15) is 0 Å². The summed E-state index contributed by atoms with van der Waals surface area (Å²) < 4.78 is 13.5. The summed E-state index contributed by atoms with van der Waals surface area (Å²) in [5, 5.41) is 3.34. The van der Waals surface area contributed by atoms with Crippen LogP contribution < -0.4 is 15.1 Å². The molecule has 0 atom stereocenters. The number of nitrogens with one attached hydrogen (secondary N) is 1. The van der Waals surface area contributed by atoms with Gasteiger partial charge in [0.2, 0.25) is 0 Å². The van der Waals surface area contributed by atoms with Crippen molar-refractivity contribution < 1.29 is 14.0 Å². The molecule has 134 valence electrons. The van der Waals surface area contributed by atoms with Gasteiger partial charge in [-0.15, -0.1) is 0 Å². The van der Waals surface area contributed by atoms with Crippen molar-refractivity contribution in [2.75, 3.05) is 36.0 Å². The van der Waals surface area contributed by atoms with Gasteiger partial charge < -0.3 is 15.1 Å². The summed E-state index contributed by atoms with van der Waals surface area (Å²) in [6, 6.07) is 11.7. The highest BCUT2D eigenvalue weighted by molar-refractivity contribution is 6.53. The van der Waals surface area contributed by atoms with Gasteiger partial charge in [0, 0.05) is 19.6 Å². The molecule has 5 nitrogen and oxygen atoms in total. The minimum absolute atomic E-state index is 0.181. The normalized spacial score (nSPS) is 17.4. The molecule has 0 unspecified atom stereocenters. The lowest BCUT2D eigenvalue weighted by molar-refractivity contribution is -0.114. The largest absolute Gasteiger partial charge is 0.370 e. The van der Waals surface area contributed by atoms with Crippen LogP contribution in [0.15, 0.2) is 42.5 Å². The Morgan fingerprint density at radius 2 is 1.81 bits per heavy atom. The van der Waals surface area contributed by atoms with Gasteiger partial charge in [0.25, 0.3) is 11.7 Å². The number of anilines is 2. The van der Waals surface area contributed by atoms with Gasteiger partial charge in [0.15, 0.2) is 0 Å². The zero-order valence-corrected chi connectivity index (χ0v) is 14.4. The van der Waals surface area contributed by atoms with E-state index in [-0.39, 0.29) is 12.4 Å². The number of benzene rings is 2. The molecule has 0 aliphatic carbocycles. The molecule has 1 fully saturated rings. The fraction of sp³-hybridized carbons (Fsp3) is 0.300. The molecule has 4 rings (SSSR count). The maximum Gasteiger partial charge on any atom is 0.299 e. The average Bonchev–Trinajstić information content (AvgIpc) is 2.85. The van der Waals surface area contributed by atoms with E-state index in [1.165, 1.54) is 17.0 Å². The van der Waals surface area contributed by atoms with Gasteiger partial charge in [0.1, 0.15) is 5.82 Å². The first-order chi connectivity index (χ1) is 12.6. The molecule has 6 heteroatoms. The number of rotatable bonds is 3. The minimum Gasteiger partial charge on any atom is -0.370 e. The molecule has 0 spiro atoms. The number of hydrogen-bond donors (Lipinski definition) is 1. The maximum atomic E-state index is 13.5. The van der Waals surface area contributed by atoms with Crippen LogP contribution in [-0.4, -0.2) is 37.9 Å². The van der Waals surface area contributed by atoms with E-state index in [4.69, 9.17) is 0 Å². The Hall–Kier alpha value is -2.73. The maximum absolute atomic E-state index is 13.5. The Morgan fingerprint density at radius 3 is 2.65 bits per heavy atom. The third-order valence-corrected chi connectivity index (χ3v) is 4.89. The Morgan fingerprint density at radius 1 is 1.00 bits per heavy atom. The van der Waals surface area contributed by atoms with Crippen LogP contribution in [0.3, 0.4) is 0 Å². The smallest absolute Gasteiger partial charge is 0.299 e. The van der Waals surface area contributed by atoms with Gasteiger partial charge in [-0.05, 0) is 42.8 Å². The highest BCUT2D eigenvalue weighted by atomic mass is 19.1. The highest BCUT2D eigenvalue weighted by Gasteiger charge is 2.38. The van der Waals surface area contributed by atoms with Crippen LogP contribution >= 0.6 is 0 Å². The second-order valence-electron chi connectivity index (χ2n) is 6.61. The molecule has 2 aliphatic rings. The number of carbonyl (C=O) groups is 2. The Kier molecular flexibility index (Phi) is 4.42. The van der Waals surface area contributed by atoms with Crippen LogP contribution in [0.4, 0.5) is 15.8 Å². The quantitative estimate of drug-likeness (QED) is 0.861. The lowest BCUT2D eigenvalue weighted by Crippen LogP contribution is -2.30. The Labute approximate surface area is 151 Å². The first kappa shape index (κ1) is 16.7. The van der Waals surface area contributed by atoms with Gasteiger partial charge in [-0.25, -0.2) is 4.39 Å². The topological polar surface area (TPSA) is 52.7 Å². The van der Waals surface area contributed by atoms with E-state index in [9.17, 15) is 14.0 Å². The first-order valence-electron chi connectivity index (χ1n) is 8.84. The molecule has 2 aliphatic heterocycles. The number of hydrogen-bond acceptors (Lipinski definition) is 4. The number of carbonyl (C=O) groups excluding carboxylic acids is 2. The minimum atomic E-state index is -0.551. The van der Waals surface area contributed by atoms with Crippen molar-refractivity contribution in [3.63, 3.8) is 0 Å². The second kappa shape index (κ2) is 6.88. The molecular formula is C20H20FN3O2. The lowest BCUT2D eigenvalue weighted by atomic mass is 10.1. The number of ketones is 1. The van der Waals surface area contributed by atoms with E-state index in [2.05, 4.69) is 10.2 Å². The van der Waals surface area contributed by atoms with Gasteiger partial charge in [0.05, 0.1) is 23.5 Å². The number of Topliss-reactive ketones (excluding diaryl/α,β-unsaturated/α-hetero) is 1. The zero-order chi connectivity index (χ0) is 18.1. The second-order valence-corrected chi connectivity index (χ2v) is 6.61. The third kappa shape index (κ3) is 2.97. The van der Waals surface area contributed by atoms with Crippen LogP contribution in [0.2, 0.25) is 0 Å². The Bertz CT molecular complexity index is 860. The predicted molar refractivity (Wildman–Crippen MR) is 98.1 cm³/mol. The van der Waals surface area contributed by atoms with E-state index < -0.39 is 11.7 Å². The summed E-state index contributed by atoms with van der Waals surface area (Å²) in [6.45, 7) is 3.61. The summed E-state index contributed by atoms with van der Waals surface area (Å²) in [5.41, 5.74) is 2.55. The Balaban J connectivity index is 1.70. The fourth-order valence-electron chi connectivity index (χ4n) is 3.65. The van der Waals surface area contributed by atoms with Crippen LogP contribution in [0.25, 0.3) is 0 Å². The van der Waals surface area contributed by atoms with E-state index in [1.54, 1.807) is 18.2 Å². The zero-order valence-electron chi connectivity index (χ0n) is 14.4. The van der Waals surface area contributed by atoms with Crippen molar-refractivity contribution >= 4 is 23.1 Å². The van der Waals surface area contributed by atoms with Crippen molar-refractivity contribution in [3.05, 3.63) is 59.4 Å². The van der Waals surface area contributed by atoms with E-state index in [0.29, 0.717) is 16.8 Å². The van der Waals surface area contributed by atoms with E-state index >= 15 is 0 Å². The monoisotopic (exact) mass is 353 g/mol. The lowest BCUT2D eigenvalue weighted by Gasteiger charge is -2.24. The number of fused-ring (bicyclic) bond motifs is 1. The average molecular weight is 353 g/mol. The van der Waals surface area contributed by atoms with E-state index in [1.807, 2.05) is 12.1 Å². The fourth-order valence-corrected chi connectivity index (χ4v) is 3.65. The highest BCUT2D eigenvalue weighted by Crippen LogP contribution is 2.37. The van der Waals surface area contributed by atoms with Gasteiger partial charge >= 0.3 is 0 Å². The molecule has 0 saturated carbocycles. The van der Waals surface area contributed by atoms with Crippen LogP contribution in [0.1, 0.15) is 22.3 Å². The number of amides is 1. The molecule has 0 bridgehead atoms. The molecule has 1 amide bonds. The summed E-state index contributed by atoms with van der Waals surface area (Å²) in [4.78, 5) is 28.9. The van der Waals surface area contributed by atoms with E-state index in [0.717, 1.165) is 38.3 Å². The summed E-state index contributed by atoms with van der Waals surface area (Å²) in [5.74, 6) is -1.39. The summed E-state index contributed by atoms with van der Waals surface area (Å²) >= 11 is 0. The third-order valence-electron chi connectivity index (χ3n) is 4.89. The summed E-state index contributed by atoms with van der Waals surface area (Å²) in [7, 11) is 0. The molecule has 1 N–H and O–H groups in total. The predicted octanol–water partition coefficient (Wildman–Crippen LogP) is 2.35. The van der Waals surface area contributed by atoms with Crippen molar-refractivity contribution in [1.82, 2.24) is 5.32 Å². The molecule has 2 heterocycles. The number of nitrogens with zero attached hydrogens (tertiary/aromatic N) is 2. The van der Waals surface area contributed by atoms with Crippen LogP contribution in [-0.2, 0) is 11.3 Å². The SMILES string of the molecule is O=C1C(=O)N(Cc2cccc(F)c2)c2cccc(N3CCCNCC3)c21. The van der Waals surface area contributed by atoms with Crippen molar-refractivity contribution in [2.24, 2.45) is 0 Å². The standard InChI is InChI=1S/C20H20FN3O2/c21-15-5-1-4-14(12-15)13-24-17-7-2-6-16(18(17)19(25)20(24)26)23-10-3-8-22-9-11-23/h1-2,4-7,12,22H,3,8-11,13H2. The molecule has 1 saturated heterocycles. The molecule has 26 heavy (non-hydrogen) atoms. The first-order valence-corrected chi connectivity index (χ1v) is 8.84. The van der Waals surface area contributed by atoms with Crippen LogP contribution in [0, 0.1) is 5.82 Å². The molecule has 2 aromatic carbocycles. The van der Waals surface area contributed by atoms with Crippen molar-refractivity contribution in [3.8, 4) is 0 Å². The summed E-state index contributed by atoms with van der Waals surface area (Å²) in [6.07, 6.45) is 0.985. The molecule has 0 aromatic heterocycles. The number of halogens is 1. The van der Waals surface area contributed by atoms with Gasteiger partial charge in [-0.1, -0.05) is 18.2 Å². The van der Waals surface area contributed by atoms with Crippen molar-refractivity contribution in [1.29, 1.82) is 0 Å². The molecule has 0 radical (unpaired) electrons.